The molecule has 0 radical (unpaired) electrons. The molecule has 2 rings (SSSR count). The zero-order valence-corrected chi connectivity index (χ0v) is 9.67. The second-order valence-electron chi connectivity index (χ2n) is 3.56. The lowest BCUT2D eigenvalue weighted by molar-refractivity contribution is 0.156. The van der Waals surface area contributed by atoms with Gasteiger partial charge in [0.2, 0.25) is 5.88 Å². The van der Waals surface area contributed by atoms with Crippen molar-refractivity contribution >= 4 is 12.4 Å². The van der Waals surface area contributed by atoms with Crippen LogP contribution in [0.1, 0.15) is 18.4 Å². The second kappa shape index (κ2) is 6.31. The van der Waals surface area contributed by atoms with E-state index in [1.807, 2.05) is 0 Å². The van der Waals surface area contributed by atoms with Crippen molar-refractivity contribution in [2.45, 2.75) is 18.9 Å². The average Bonchev–Trinajstić information content (AvgIpc) is 2.31. The first-order chi connectivity index (χ1) is 7.38. The summed E-state index contributed by atoms with van der Waals surface area (Å²) in [7, 11) is 0. The zero-order valence-electron chi connectivity index (χ0n) is 8.85. The molecule has 1 aliphatic heterocycles. The molecule has 1 aromatic heterocycles. The Kier molecular flexibility index (Phi) is 5.03. The van der Waals surface area contributed by atoms with Crippen LogP contribution in [0.2, 0.25) is 0 Å². The average molecular weight is 240 g/mol. The van der Waals surface area contributed by atoms with Crippen LogP contribution in [0.15, 0.2) is 18.3 Å². The summed E-state index contributed by atoms with van der Waals surface area (Å²) in [4.78, 5) is 4.09. The Morgan fingerprint density at radius 3 is 2.88 bits per heavy atom. The highest BCUT2D eigenvalue weighted by molar-refractivity contribution is 5.85. The first-order valence-electron chi connectivity index (χ1n) is 5.12. The molecule has 0 saturated carbocycles. The van der Waals surface area contributed by atoms with E-state index in [0.717, 1.165) is 25.9 Å². The Hall–Kier alpha value is -1.31. The standard InChI is InChI=1S/C11H13N3O.ClH/c12-8-9-1-6-14-11(7-9)15-10-2-4-13-5-3-10;/h1,6-7,10,13H,2-5H2;1H. The maximum Gasteiger partial charge on any atom is 0.214 e. The van der Waals surface area contributed by atoms with E-state index >= 15 is 0 Å². The number of nitrogens with zero attached hydrogens (tertiary/aromatic N) is 2. The monoisotopic (exact) mass is 239 g/mol. The van der Waals surface area contributed by atoms with Crippen molar-refractivity contribution in [1.82, 2.24) is 10.3 Å². The number of piperidine rings is 1. The highest BCUT2D eigenvalue weighted by Gasteiger charge is 2.14. The number of halogens is 1. The molecule has 0 amide bonds. The number of pyridine rings is 1. The second-order valence-corrected chi connectivity index (χ2v) is 3.56. The van der Waals surface area contributed by atoms with Crippen LogP contribution < -0.4 is 10.1 Å². The summed E-state index contributed by atoms with van der Waals surface area (Å²) in [6.07, 6.45) is 3.83. The van der Waals surface area contributed by atoms with Crippen LogP contribution in [0.5, 0.6) is 5.88 Å². The highest BCUT2D eigenvalue weighted by atomic mass is 35.5. The van der Waals surface area contributed by atoms with Crippen LogP contribution in [-0.2, 0) is 0 Å². The molecule has 1 N–H and O–H groups in total. The zero-order chi connectivity index (χ0) is 10.5. The molecule has 1 saturated heterocycles. The number of aromatic nitrogens is 1. The van der Waals surface area contributed by atoms with Crippen LogP contribution in [0, 0.1) is 11.3 Å². The number of nitriles is 1. The number of rotatable bonds is 2. The molecule has 0 atom stereocenters. The summed E-state index contributed by atoms with van der Waals surface area (Å²) in [5, 5.41) is 12.0. The summed E-state index contributed by atoms with van der Waals surface area (Å²) in [6, 6.07) is 5.43. The minimum absolute atomic E-state index is 0. The molecule has 4 nitrogen and oxygen atoms in total. The van der Waals surface area contributed by atoms with Gasteiger partial charge in [-0.25, -0.2) is 4.98 Å². The third kappa shape index (κ3) is 3.37. The van der Waals surface area contributed by atoms with Crippen molar-refractivity contribution in [3.8, 4) is 11.9 Å². The normalized spacial score (nSPS) is 15.9. The fraction of sp³-hybridized carbons (Fsp3) is 0.455. The molecule has 16 heavy (non-hydrogen) atoms. The van der Waals surface area contributed by atoms with Crippen LogP contribution in [0.3, 0.4) is 0 Å². The van der Waals surface area contributed by atoms with E-state index in [1.54, 1.807) is 18.3 Å². The summed E-state index contributed by atoms with van der Waals surface area (Å²) in [5.41, 5.74) is 0.592. The molecule has 0 spiro atoms. The van der Waals surface area contributed by atoms with Gasteiger partial charge in [0.25, 0.3) is 0 Å². The predicted octanol–water partition coefficient (Wildman–Crippen LogP) is 1.51. The maximum atomic E-state index is 8.72. The Morgan fingerprint density at radius 2 is 2.19 bits per heavy atom. The van der Waals surface area contributed by atoms with Gasteiger partial charge in [-0.05, 0) is 32.0 Å². The molecule has 2 heterocycles. The first-order valence-corrected chi connectivity index (χ1v) is 5.12. The summed E-state index contributed by atoms with van der Waals surface area (Å²) in [6.45, 7) is 1.98. The SMILES string of the molecule is Cl.N#Cc1ccnc(OC2CCNCC2)c1. The van der Waals surface area contributed by atoms with Crippen LogP contribution in [0.4, 0.5) is 0 Å². The van der Waals surface area contributed by atoms with Crippen molar-refractivity contribution in [2.75, 3.05) is 13.1 Å². The number of ether oxygens (including phenoxy) is 1. The fourth-order valence-corrected chi connectivity index (χ4v) is 1.63. The van der Waals surface area contributed by atoms with Crippen LogP contribution in [0.25, 0.3) is 0 Å². The number of nitrogens with one attached hydrogen (secondary N) is 1. The van der Waals surface area contributed by atoms with Crippen molar-refractivity contribution in [3.63, 3.8) is 0 Å². The van der Waals surface area contributed by atoms with Gasteiger partial charge in [0, 0.05) is 12.3 Å². The topological polar surface area (TPSA) is 57.9 Å². The first kappa shape index (κ1) is 12.8. The minimum Gasteiger partial charge on any atom is -0.474 e. The molecule has 5 heteroatoms. The Morgan fingerprint density at radius 1 is 1.44 bits per heavy atom. The quantitative estimate of drug-likeness (QED) is 0.850. The van der Waals surface area contributed by atoms with Gasteiger partial charge in [0.1, 0.15) is 6.10 Å². The lowest BCUT2D eigenvalue weighted by atomic mass is 10.1. The summed E-state index contributed by atoms with van der Waals surface area (Å²) < 4.78 is 5.70. The molecular formula is C11H14ClN3O. The third-order valence-electron chi connectivity index (χ3n) is 2.44. The number of hydrogen-bond donors (Lipinski definition) is 1. The minimum atomic E-state index is 0. The molecule has 0 unspecified atom stereocenters. The van der Waals surface area contributed by atoms with Gasteiger partial charge < -0.3 is 10.1 Å². The van der Waals surface area contributed by atoms with E-state index in [9.17, 15) is 0 Å². The van der Waals surface area contributed by atoms with Gasteiger partial charge in [0.05, 0.1) is 11.6 Å². The van der Waals surface area contributed by atoms with Crippen LogP contribution in [-0.4, -0.2) is 24.2 Å². The molecule has 86 valence electrons. The van der Waals surface area contributed by atoms with E-state index in [0.29, 0.717) is 11.4 Å². The van der Waals surface area contributed by atoms with E-state index < -0.39 is 0 Å². The van der Waals surface area contributed by atoms with Crippen molar-refractivity contribution < 1.29 is 4.74 Å². The van der Waals surface area contributed by atoms with Gasteiger partial charge in [0.15, 0.2) is 0 Å². The fourth-order valence-electron chi connectivity index (χ4n) is 1.63. The Bertz CT molecular complexity index is 372. The summed E-state index contributed by atoms with van der Waals surface area (Å²) in [5.74, 6) is 0.556. The predicted molar refractivity (Wildman–Crippen MR) is 62.7 cm³/mol. The smallest absolute Gasteiger partial charge is 0.214 e. The van der Waals surface area contributed by atoms with Crippen molar-refractivity contribution in [2.24, 2.45) is 0 Å². The van der Waals surface area contributed by atoms with Gasteiger partial charge in [-0.1, -0.05) is 0 Å². The van der Waals surface area contributed by atoms with E-state index in [-0.39, 0.29) is 18.5 Å². The molecule has 0 aliphatic carbocycles. The van der Waals surface area contributed by atoms with Crippen LogP contribution >= 0.6 is 12.4 Å². The molecule has 1 aliphatic rings. The Labute approximate surface area is 101 Å². The molecule has 1 aromatic rings. The van der Waals surface area contributed by atoms with E-state index in [4.69, 9.17) is 10.00 Å². The van der Waals surface area contributed by atoms with Gasteiger partial charge in [-0.3, -0.25) is 0 Å². The van der Waals surface area contributed by atoms with Crippen molar-refractivity contribution in [3.05, 3.63) is 23.9 Å². The lowest BCUT2D eigenvalue weighted by Gasteiger charge is -2.23. The molecule has 0 bridgehead atoms. The highest BCUT2D eigenvalue weighted by Crippen LogP contribution is 2.14. The van der Waals surface area contributed by atoms with Gasteiger partial charge >= 0.3 is 0 Å². The molecule has 0 aromatic carbocycles. The maximum absolute atomic E-state index is 8.72. The third-order valence-corrected chi connectivity index (χ3v) is 2.44. The van der Waals surface area contributed by atoms with E-state index in [2.05, 4.69) is 16.4 Å². The molecule has 1 fully saturated rings. The molecular weight excluding hydrogens is 226 g/mol. The Balaban J connectivity index is 0.00000128. The largest absolute Gasteiger partial charge is 0.474 e. The van der Waals surface area contributed by atoms with Gasteiger partial charge in [-0.15, -0.1) is 12.4 Å². The van der Waals surface area contributed by atoms with Gasteiger partial charge in [-0.2, -0.15) is 5.26 Å². The van der Waals surface area contributed by atoms with Crippen molar-refractivity contribution in [1.29, 1.82) is 5.26 Å². The summed E-state index contributed by atoms with van der Waals surface area (Å²) >= 11 is 0. The van der Waals surface area contributed by atoms with E-state index in [1.165, 1.54) is 0 Å². The lowest BCUT2D eigenvalue weighted by Crippen LogP contribution is -2.34. The number of hydrogen-bond acceptors (Lipinski definition) is 4.